The molecule has 3 rings (SSSR count). The van der Waals surface area contributed by atoms with Gasteiger partial charge in [-0.2, -0.15) is 18.3 Å². The summed E-state index contributed by atoms with van der Waals surface area (Å²) >= 11 is 1.17. The number of benzene rings is 2. The highest BCUT2D eigenvalue weighted by Gasteiger charge is 2.33. The van der Waals surface area contributed by atoms with Gasteiger partial charge < -0.3 is 5.32 Å². The van der Waals surface area contributed by atoms with E-state index in [-0.39, 0.29) is 12.3 Å². The molecule has 0 saturated carbocycles. The predicted octanol–water partition coefficient (Wildman–Crippen LogP) is 4.57. The first-order chi connectivity index (χ1) is 13.2. The van der Waals surface area contributed by atoms with Gasteiger partial charge in [-0.15, -0.1) is 5.10 Å². The molecule has 1 aliphatic rings. The summed E-state index contributed by atoms with van der Waals surface area (Å²) < 4.78 is 38.5. The molecule has 1 N–H and O–H groups in total. The van der Waals surface area contributed by atoms with Gasteiger partial charge in [-0.1, -0.05) is 59.8 Å². The smallest absolute Gasteiger partial charge is 0.303 e. The van der Waals surface area contributed by atoms with Crippen molar-refractivity contribution in [2.75, 3.05) is 0 Å². The van der Waals surface area contributed by atoms with Crippen molar-refractivity contribution in [1.29, 1.82) is 0 Å². The lowest BCUT2D eigenvalue weighted by atomic mass is 10.1. The highest BCUT2D eigenvalue weighted by Crippen LogP contribution is 2.31. The minimum atomic E-state index is -4.41. The van der Waals surface area contributed by atoms with Gasteiger partial charge in [0.2, 0.25) is 5.91 Å². The molecule has 0 aromatic heterocycles. The Morgan fingerprint density at radius 1 is 1.18 bits per heavy atom. The van der Waals surface area contributed by atoms with Crippen LogP contribution in [0.25, 0.3) is 0 Å². The molecular weight excluding hydrogens is 387 g/mol. The second-order valence-electron chi connectivity index (χ2n) is 6.45. The van der Waals surface area contributed by atoms with Gasteiger partial charge in [0.05, 0.1) is 16.5 Å². The third kappa shape index (κ3) is 5.01. The highest BCUT2D eigenvalue weighted by atomic mass is 32.2. The molecule has 28 heavy (non-hydrogen) atoms. The number of carbonyl (C=O) groups is 1. The topological polar surface area (TPSA) is 53.8 Å². The van der Waals surface area contributed by atoms with Crippen LogP contribution in [0.3, 0.4) is 0 Å². The lowest BCUT2D eigenvalue weighted by Crippen LogP contribution is -2.26. The Balaban J connectivity index is 1.69. The lowest BCUT2D eigenvalue weighted by Gasteiger charge is -2.10. The number of rotatable bonds is 4. The van der Waals surface area contributed by atoms with Crippen molar-refractivity contribution in [3.63, 3.8) is 0 Å². The number of nitrogens with zero attached hydrogens (tertiary/aromatic N) is 2. The number of hydrogen-bond donors (Lipinski definition) is 1. The Kier molecular flexibility index (Phi) is 5.88. The van der Waals surface area contributed by atoms with Crippen molar-refractivity contribution in [2.24, 2.45) is 10.2 Å². The number of alkyl halides is 3. The maximum Gasteiger partial charge on any atom is 0.416 e. The molecule has 8 heteroatoms. The number of halogens is 3. The van der Waals surface area contributed by atoms with Gasteiger partial charge in [-0.3, -0.25) is 4.79 Å². The molecule has 1 saturated heterocycles. The number of carbonyl (C=O) groups excluding carboxylic acids is 1. The van der Waals surface area contributed by atoms with Crippen molar-refractivity contribution >= 4 is 28.5 Å². The van der Waals surface area contributed by atoms with Gasteiger partial charge in [-0.25, -0.2) is 0 Å². The average molecular weight is 405 g/mol. The Bertz CT molecular complexity index is 936. The van der Waals surface area contributed by atoms with Crippen LogP contribution in [0.4, 0.5) is 13.2 Å². The van der Waals surface area contributed by atoms with Crippen LogP contribution in [0.15, 0.2) is 58.7 Å². The standard InChI is InChI=1S/C20H18F3N3OS/c1-12-6-8-15(9-7-12)13(2)25-26-19-24-18(27)17(28-19)11-14-4-3-5-16(10-14)20(21,22)23/h3-10,17H,11H2,1-2H3,(H,24,26,27)/b25-13-. The minimum absolute atomic E-state index is 0.181. The first kappa shape index (κ1) is 20.1. The quantitative estimate of drug-likeness (QED) is 0.599. The van der Waals surface area contributed by atoms with E-state index in [1.165, 1.54) is 17.8 Å². The zero-order valence-corrected chi connectivity index (χ0v) is 16.1. The maximum atomic E-state index is 12.8. The second-order valence-corrected chi connectivity index (χ2v) is 7.65. The van der Waals surface area contributed by atoms with Gasteiger partial charge in [0.15, 0.2) is 5.17 Å². The molecule has 1 fully saturated rings. The van der Waals surface area contributed by atoms with E-state index in [1.54, 1.807) is 6.07 Å². The fourth-order valence-electron chi connectivity index (χ4n) is 2.65. The van der Waals surface area contributed by atoms with Crippen LogP contribution in [-0.2, 0) is 17.4 Å². The molecule has 0 spiro atoms. The summed E-state index contributed by atoms with van der Waals surface area (Å²) in [6, 6.07) is 12.8. The normalized spacial score (nSPS) is 19.2. The number of thioether (sulfide) groups is 1. The van der Waals surface area contributed by atoms with E-state index in [0.717, 1.165) is 23.3 Å². The van der Waals surface area contributed by atoms with Gasteiger partial charge >= 0.3 is 6.18 Å². The molecule has 1 unspecified atom stereocenters. The van der Waals surface area contributed by atoms with Crippen molar-refractivity contribution in [1.82, 2.24) is 5.32 Å². The molecule has 1 aliphatic heterocycles. The summed E-state index contributed by atoms with van der Waals surface area (Å²) in [6.07, 6.45) is -4.23. The van der Waals surface area contributed by atoms with Crippen LogP contribution in [0.2, 0.25) is 0 Å². The van der Waals surface area contributed by atoms with Crippen molar-refractivity contribution in [3.05, 3.63) is 70.8 Å². The number of amides is 1. The Morgan fingerprint density at radius 3 is 2.57 bits per heavy atom. The van der Waals surface area contributed by atoms with Crippen molar-refractivity contribution in [3.8, 4) is 0 Å². The SMILES string of the molecule is C/C(=N/N=C1/NC(=O)C(Cc2cccc(C(F)(F)F)c2)S1)c1ccc(C)cc1. The Hall–Kier alpha value is -2.61. The van der Waals surface area contributed by atoms with E-state index < -0.39 is 17.0 Å². The largest absolute Gasteiger partial charge is 0.416 e. The van der Waals surface area contributed by atoms with E-state index in [4.69, 9.17) is 0 Å². The van der Waals surface area contributed by atoms with Gasteiger partial charge in [-0.05, 0) is 37.5 Å². The first-order valence-electron chi connectivity index (χ1n) is 8.55. The number of aryl methyl sites for hydroxylation is 1. The third-order valence-electron chi connectivity index (χ3n) is 4.21. The van der Waals surface area contributed by atoms with Gasteiger partial charge in [0.25, 0.3) is 0 Å². The average Bonchev–Trinajstić information content (AvgIpc) is 2.99. The number of amidine groups is 1. The summed E-state index contributed by atoms with van der Waals surface area (Å²) in [5, 5.41) is 10.7. The summed E-state index contributed by atoms with van der Waals surface area (Å²) in [7, 11) is 0. The molecular formula is C20H18F3N3OS. The lowest BCUT2D eigenvalue weighted by molar-refractivity contribution is -0.137. The minimum Gasteiger partial charge on any atom is -0.303 e. The van der Waals surface area contributed by atoms with Crippen molar-refractivity contribution < 1.29 is 18.0 Å². The van der Waals surface area contributed by atoms with E-state index >= 15 is 0 Å². The fourth-order valence-corrected chi connectivity index (χ4v) is 3.61. The van der Waals surface area contributed by atoms with Crippen LogP contribution < -0.4 is 5.32 Å². The first-order valence-corrected chi connectivity index (χ1v) is 9.43. The van der Waals surface area contributed by atoms with Crippen LogP contribution in [0.1, 0.15) is 29.2 Å². The van der Waals surface area contributed by atoms with Crippen LogP contribution >= 0.6 is 11.8 Å². The van der Waals surface area contributed by atoms with E-state index in [0.29, 0.717) is 16.4 Å². The summed E-state index contributed by atoms with van der Waals surface area (Å²) in [5.74, 6) is -0.288. The van der Waals surface area contributed by atoms with Gasteiger partial charge in [0.1, 0.15) is 0 Å². The summed E-state index contributed by atoms with van der Waals surface area (Å²) in [6.45, 7) is 3.81. The molecule has 1 amide bonds. The molecule has 1 heterocycles. The molecule has 2 aromatic carbocycles. The molecule has 4 nitrogen and oxygen atoms in total. The maximum absolute atomic E-state index is 12.8. The fraction of sp³-hybridized carbons (Fsp3) is 0.250. The summed E-state index contributed by atoms with van der Waals surface area (Å²) in [4.78, 5) is 12.1. The highest BCUT2D eigenvalue weighted by molar-refractivity contribution is 8.15. The van der Waals surface area contributed by atoms with Gasteiger partial charge in [0, 0.05) is 0 Å². The van der Waals surface area contributed by atoms with E-state index in [9.17, 15) is 18.0 Å². The monoisotopic (exact) mass is 405 g/mol. The molecule has 0 aliphatic carbocycles. The number of nitrogens with one attached hydrogen (secondary N) is 1. The number of hydrogen-bond acceptors (Lipinski definition) is 4. The summed E-state index contributed by atoms with van der Waals surface area (Å²) in [5.41, 5.74) is 2.48. The predicted molar refractivity (Wildman–Crippen MR) is 105 cm³/mol. The van der Waals surface area contributed by atoms with E-state index in [2.05, 4.69) is 15.5 Å². The molecule has 1 atom stereocenters. The molecule has 146 valence electrons. The second kappa shape index (κ2) is 8.18. The van der Waals surface area contributed by atoms with Crippen LogP contribution in [-0.4, -0.2) is 22.0 Å². The van der Waals surface area contributed by atoms with Crippen LogP contribution in [0, 0.1) is 6.92 Å². The zero-order valence-electron chi connectivity index (χ0n) is 15.2. The van der Waals surface area contributed by atoms with Crippen LogP contribution in [0.5, 0.6) is 0 Å². The zero-order chi connectivity index (χ0) is 20.3. The molecule has 2 aromatic rings. The van der Waals surface area contributed by atoms with E-state index in [1.807, 2.05) is 38.1 Å². The molecule has 0 radical (unpaired) electrons. The third-order valence-corrected chi connectivity index (χ3v) is 5.28. The Morgan fingerprint density at radius 2 is 1.89 bits per heavy atom. The van der Waals surface area contributed by atoms with Crippen molar-refractivity contribution in [2.45, 2.75) is 31.7 Å². The Labute approximate surface area is 164 Å². The molecule has 0 bridgehead atoms.